The second-order valence-corrected chi connectivity index (χ2v) is 9.73. The third-order valence-corrected chi connectivity index (χ3v) is 6.84. The largest absolute Gasteiger partial charge is 0.465 e. The summed E-state index contributed by atoms with van der Waals surface area (Å²) in [6.07, 6.45) is 0.484. The lowest BCUT2D eigenvalue weighted by molar-refractivity contribution is -0.148. The summed E-state index contributed by atoms with van der Waals surface area (Å²) in [6.45, 7) is 3.25. The van der Waals surface area contributed by atoms with Crippen molar-refractivity contribution in [3.8, 4) is 22.6 Å². The molecule has 7 heteroatoms. The number of hydrogen-bond acceptors (Lipinski definition) is 5. The highest BCUT2D eigenvalue weighted by atomic mass is 16.5. The summed E-state index contributed by atoms with van der Waals surface area (Å²) in [5.41, 5.74) is 4.04. The first-order valence-electron chi connectivity index (χ1n) is 13.5. The molecule has 7 nitrogen and oxygen atoms in total. The Bertz CT molecular complexity index is 1390. The molecule has 4 aromatic carbocycles. The van der Waals surface area contributed by atoms with E-state index in [1.54, 1.807) is 31.2 Å². The van der Waals surface area contributed by atoms with Gasteiger partial charge in [0.1, 0.15) is 17.5 Å². The maximum Gasteiger partial charge on any atom is 0.323 e. The van der Waals surface area contributed by atoms with Gasteiger partial charge in [-0.2, -0.15) is 0 Å². The third-order valence-electron chi connectivity index (χ3n) is 6.84. The summed E-state index contributed by atoms with van der Waals surface area (Å²) in [7, 11) is 0. The van der Waals surface area contributed by atoms with Gasteiger partial charge in [0.15, 0.2) is 0 Å². The molecule has 0 saturated carbocycles. The van der Waals surface area contributed by atoms with Crippen molar-refractivity contribution >= 4 is 17.7 Å². The molecular weight excluding hydrogens is 502 g/mol. The van der Waals surface area contributed by atoms with Gasteiger partial charge in [0.25, 0.3) is 0 Å². The molecule has 0 unspecified atom stereocenters. The summed E-state index contributed by atoms with van der Waals surface area (Å²) in [5.74, 6) is 1.16. The highest BCUT2D eigenvalue weighted by Crippen LogP contribution is 2.25. The van der Waals surface area contributed by atoms with Crippen LogP contribution in [0, 0.1) is 0 Å². The van der Waals surface area contributed by atoms with Crippen LogP contribution in [0.1, 0.15) is 18.9 Å². The molecular formula is C33H33N3O4. The Balaban J connectivity index is 1.18. The quantitative estimate of drug-likeness (QED) is 0.240. The SMILES string of the molecule is CCOC(=O)[C@@H]1C[C@H](NC(=O)Nc2ccc(Oc3ccccc3)cc2)CN1Cc1ccc(-c2ccccc2)cc1. The van der Waals surface area contributed by atoms with E-state index in [0.29, 0.717) is 37.6 Å². The number of benzene rings is 4. The van der Waals surface area contributed by atoms with Gasteiger partial charge in [0.2, 0.25) is 0 Å². The van der Waals surface area contributed by atoms with Crippen LogP contribution in [-0.4, -0.2) is 42.1 Å². The van der Waals surface area contributed by atoms with Gasteiger partial charge in [-0.3, -0.25) is 9.69 Å². The number of ether oxygens (including phenoxy) is 2. The van der Waals surface area contributed by atoms with Crippen molar-refractivity contribution < 1.29 is 19.1 Å². The molecule has 4 aromatic rings. The number of nitrogens with zero attached hydrogens (tertiary/aromatic N) is 1. The zero-order chi connectivity index (χ0) is 27.7. The number of urea groups is 1. The van der Waals surface area contributed by atoms with Crippen molar-refractivity contribution in [1.29, 1.82) is 0 Å². The Kier molecular flexibility index (Phi) is 8.73. The van der Waals surface area contributed by atoms with Crippen LogP contribution in [-0.2, 0) is 16.1 Å². The van der Waals surface area contributed by atoms with Crippen molar-refractivity contribution in [3.63, 3.8) is 0 Å². The van der Waals surface area contributed by atoms with Crippen LogP contribution in [0.5, 0.6) is 11.5 Å². The van der Waals surface area contributed by atoms with E-state index in [2.05, 4.69) is 51.9 Å². The first kappa shape index (κ1) is 27.0. The second kappa shape index (κ2) is 13.0. The highest BCUT2D eigenvalue weighted by molar-refractivity contribution is 5.89. The molecule has 0 aromatic heterocycles. The zero-order valence-corrected chi connectivity index (χ0v) is 22.5. The molecule has 0 bridgehead atoms. The van der Waals surface area contributed by atoms with Crippen molar-refractivity contribution in [2.75, 3.05) is 18.5 Å². The molecule has 204 valence electrons. The highest BCUT2D eigenvalue weighted by Gasteiger charge is 2.38. The molecule has 0 radical (unpaired) electrons. The zero-order valence-electron chi connectivity index (χ0n) is 22.5. The maximum absolute atomic E-state index is 12.8. The lowest BCUT2D eigenvalue weighted by atomic mass is 10.0. The van der Waals surface area contributed by atoms with Gasteiger partial charge >= 0.3 is 12.0 Å². The van der Waals surface area contributed by atoms with Crippen molar-refractivity contribution in [1.82, 2.24) is 10.2 Å². The minimum Gasteiger partial charge on any atom is -0.465 e. The molecule has 5 rings (SSSR count). The summed E-state index contributed by atoms with van der Waals surface area (Å²) >= 11 is 0. The third kappa shape index (κ3) is 7.07. The number of rotatable bonds is 9. The number of para-hydroxylation sites is 1. The minimum atomic E-state index is -0.423. The molecule has 1 heterocycles. The lowest BCUT2D eigenvalue weighted by Crippen LogP contribution is -2.39. The smallest absolute Gasteiger partial charge is 0.323 e. The number of carbonyl (C=O) groups is 2. The first-order chi connectivity index (χ1) is 19.6. The van der Waals surface area contributed by atoms with Crippen LogP contribution >= 0.6 is 0 Å². The van der Waals surface area contributed by atoms with Crippen molar-refractivity contribution in [3.05, 3.63) is 115 Å². The molecule has 0 spiro atoms. The van der Waals surface area contributed by atoms with E-state index < -0.39 is 6.04 Å². The Hall–Kier alpha value is -4.62. The van der Waals surface area contributed by atoms with Gasteiger partial charge < -0.3 is 20.1 Å². The van der Waals surface area contributed by atoms with E-state index in [0.717, 1.165) is 22.4 Å². The molecule has 1 aliphatic heterocycles. The van der Waals surface area contributed by atoms with Crippen molar-refractivity contribution in [2.24, 2.45) is 0 Å². The number of carbonyl (C=O) groups excluding carboxylic acids is 2. The average molecular weight is 536 g/mol. The number of amides is 2. The number of likely N-dealkylation sites (tertiary alicyclic amines) is 1. The summed E-state index contributed by atoms with van der Waals surface area (Å²) in [4.78, 5) is 27.6. The van der Waals surface area contributed by atoms with Crippen molar-refractivity contribution in [2.45, 2.75) is 32.0 Å². The Morgan fingerprint density at radius 1 is 0.800 bits per heavy atom. The number of hydrogen-bond donors (Lipinski definition) is 2. The van der Waals surface area contributed by atoms with Crippen LogP contribution in [0.2, 0.25) is 0 Å². The molecule has 1 aliphatic rings. The van der Waals surface area contributed by atoms with Gasteiger partial charge in [-0.1, -0.05) is 72.8 Å². The Morgan fingerprint density at radius 2 is 1.43 bits per heavy atom. The van der Waals surface area contributed by atoms with Crippen LogP contribution in [0.3, 0.4) is 0 Å². The van der Waals surface area contributed by atoms with Crippen LogP contribution in [0.25, 0.3) is 11.1 Å². The average Bonchev–Trinajstić information content (AvgIpc) is 3.37. The summed E-state index contributed by atoms with van der Waals surface area (Å²) in [5, 5.41) is 5.90. The van der Waals surface area contributed by atoms with E-state index in [4.69, 9.17) is 9.47 Å². The Labute approximate surface area is 234 Å². The van der Waals surface area contributed by atoms with Gasteiger partial charge in [-0.25, -0.2) is 4.79 Å². The fourth-order valence-electron chi connectivity index (χ4n) is 4.92. The van der Waals surface area contributed by atoms with E-state index in [1.807, 2.05) is 48.5 Å². The molecule has 0 aliphatic carbocycles. The monoisotopic (exact) mass is 535 g/mol. The Morgan fingerprint density at radius 3 is 2.10 bits per heavy atom. The van der Waals surface area contributed by atoms with E-state index in [-0.39, 0.29) is 18.0 Å². The second-order valence-electron chi connectivity index (χ2n) is 9.73. The molecule has 2 atom stereocenters. The van der Waals surface area contributed by atoms with Gasteiger partial charge in [0.05, 0.1) is 6.61 Å². The van der Waals surface area contributed by atoms with Crippen LogP contribution in [0.15, 0.2) is 109 Å². The summed E-state index contributed by atoms with van der Waals surface area (Å²) < 4.78 is 11.2. The molecule has 2 N–H and O–H groups in total. The summed E-state index contributed by atoms with van der Waals surface area (Å²) in [6, 6.07) is 34.4. The van der Waals surface area contributed by atoms with E-state index in [1.165, 1.54) is 0 Å². The lowest BCUT2D eigenvalue weighted by Gasteiger charge is -2.22. The number of nitrogens with one attached hydrogen (secondary N) is 2. The fourth-order valence-corrected chi connectivity index (χ4v) is 4.92. The first-order valence-corrected chi connectivity index (χ1v) is 13.5. The van der Waals surface area contributed by atoms with Gasteiger partial charge in [-0.15, -0.1) is 0 Å². The fraction of sp³-hybridized carbons (Fsp3) is 0.212. The van der Waals surface area contributed by atoms with Gasteiger partial charge in [0, 0.05) is 24.8 Å². The molecule has 40 heavy (non-hydrogen) atoms. The molecule has 1 saturated heterocycles. The minimum absolute atomic E-state index is 0.196. The molecule has 2 amide bonds. The van der Waals surface area contributed by atoms with Gasteiger partial charge in [-0.05, 0) is 66.4 Å². The van der Waals surface area contributed by atoms with Crippen LogP contribution < -0.4 is 15.4 Å². The predicted octanol–water partition coefficient (Wildman–Crippen LogP) is 6.47. The normalized spacial score (nSPS) is 16.7. The maximum atomic E-state index is 12.8. The number of esters is 1. The van der Waals surface area contributed by atoms with E-state index in [9.17, 15) is 9.59 Å². The van der Waals surface area contributed by atoms with E-state index >= 15 is 0 Å². The number of anilines is 1. The van der Waals surface area contributed by atoms with Crippen LogP contribution in [0.4, 0.5) is 10.5 Å². The topological polar surface area (TPSA) is 79.9 Å². The molecule has 1 fully saturated rings. The standard InChI is InChI=1S/C33H33N3O4/c1-2-39-32(37)31-21-28(23-36(31)22-24-13-15-26(16-14-24)25-9-5-3-6-10-25)35-33(38)34-27-17-19-30(20-18-27)40-29-11-7-4-8-12-29/h3-20,28,31H,2,21-23H2,1H3,(H2,34,35,38)/t28-,31-/m0/s1. The predicted molar refractivity (Wildman–Crippen MR) is 156 cm³/mol.